The van der Waals surface area contributed by atoms with Crippen LogP contribution < -0.4 is 9.80 Å². The first kappa shape index (κ1) is 42.0. The Morgan fingerprint density at radius 2 is 1.36 bits per heavy atom. The molecular formula is C57H58N3O3S+. The molecule has 3 heterocycles. The molecule has 0 spiro atoms. The maximum absolute atomic E-state index is 11.7. The minimum Gasteiger partial charge on any atom is -0.344 e. The van der Waals surface area contributed by atoms with Crippen molar-refractivity contribution in [2.75, 3.05) is 35.2 Å². The molecule has 0 saturated carbocycles. The molecule has 0 radical (unpaired) electrons. The predicted octanol–water partition coefficient (Wildman–Crippen LogP) is 12.9. The van der Waals surface area contributed by atoms with Gasteiger partial charge in [-0.1, -0.05) is 130 Å². The second-order valence-electron chi connectivity index (χ2n) is 19.0. The molecule has 6 aromatic rings. The third-order valence-electron chi connectivity index (χ3n) is 14.3. The van der Waals surface area contributed by atoms with Gasteiger partial charge in [0.25, 0.3) is 10.1 Å². The van der Waals surface area contributed by atoms with E-state index in [9.17, 15) is 13.0 Å². The number of nitrogens with zero attached hydrogens (tertiary/aromatic N) is 3. The van der Waals surface area contributed by atoms with Gasteiger partial charge in [-0.3, -0.25) is 4.55 Å². The highest BCUT2D eigenvalue weighted by atomic mass is 32.2. The second kappa shape index (κ2) is 16.2. The number of allylic oxidation sites excluding steroid dienone is 7. The minimum atomic E-state index is -4.05. The monoisotopic (exact) mass is 864 g/mol. The van der Waals surface area contributed by atoms with Crippen LogP contribution in [0.3, 0.4) is 0 Å². The molecule has 0 unspecified atom stereocenters. The fraction of sp³-hybridized carbons (Fsp3) is 0.281. The van der Waals surface area contributed by atoms with Crippen molar-refractivity contribution in [1.82, 2.24) is 0 Å². The van der Waals surface area contributed by atoms with Gasteiger partial charge in [-0.2, -0.15) is 13.0 Å². The summed E-state index contributed by atoms with van der Waals surface area (Å²) in [5.41, 5.74) is 15.7. The van der Waals surface area contributed by atoms with Crippen LogP contribution in [0.15, 0.2) is 157 Å². The Labute approximate surface area is 379 Å². The zero-order valence-corrected chi connectivity index (χ0v) is 38.6. The number of anilines is 2. The third kappa shape index (κ3) is 7.05. The van der Waals surface area contributed by atoms with Crippen LogP contribution in [0.5, 0.6) is 0 Å². The van der Waals surface area contributed by atoms with Crippen molar-refractivity contribution in [3.8, 4) is 0 Å². The van der Waals surface area contributed by atoms with Crippen LogP contribution in [-0.2, 0) is 27.4 Å². The third-order valence-corrected chi connectivity index (χ3v) is 15.1. The van der Waals surface area contributed by atoms with Gasteiger partial charge < -0.3 is 9.80 Å². The Hall–Kier alpha value is -6.02. The van der Waals surface area contributed by atoms with Gasteiger partial charge in [-0.15, -0.1) is 0 Å². The Morgan fingerprint density at radius 1 is 0.688 bits per heavy atom. The molecule has 3 aliphatic heterocycles. The summed E-state index contributed by atoms with van der Waals surface area (Å²) in [5.74, 6) is -0.244. The summed E-state index contributed by atoms with van der Waals surface area (Å²) in [6.07, 6.45) is 13.7. The highest BCUT2D eigenvalue weighted by Gasteiger charge is 2.46. The zero-order chi connectivity index (χ0) is 44.4. The molecule has 0 amide bonds. The van der Waals surface area contributed by atoms with E-state index in [1.165, 1.54) is 89.0 Å². The average molecular weight is 865 g/mol. The van der Waals surface area contributed by atoms with Crippen LogP contribution in [0.2, 0.25) is 0 Å². The van der Waals surface area contributed by atoms with Crippen molar-refractivity contribution in [3.05, 3.63) is 185 Å². The van der Waals surface area contributed by atoms with Crippen LogP contribution in [0, 0.1) is 0 Å². The Morgan fingerprint density at radius 3 is 2.11 bits per heavy atom. The van der Waals surface area contributed by atoms with Crippen molar-refractivity contribution in [2.24, 2.45) is 0 Å². The average Bonchev–Trinajstić information content (AvgIpc) is 3.97. The predicted molar refractivity (Wildman–Crippen MR) is 268 cm³/mol. The Balaban J connectivity index is 1.15. The summed E-state index contributed by atoms with van der Waals surface area (Å²) >= 11 is 0. The van der Waals surface area contributed by atoms with Crippen LogP contribution in [0.1, 0.15) is 88.1 Å². The molecule has 324 valence electrons. The maximum atomic E-state index is 11.7. The fourth-order valence-corrected chi connectivity index (χ4v) is 11.9. The molecule has 10 rings (SSSR count). The molecule has 6 aromatic carbocycles. The van der Waals surface area contributed by atoms with E-state index in [4.69, 9.17) is 0 Å². The molecule has 4 aliphatic rings. The van der Waals surface area contributed by atoms with Crippen molar-refractivity contribution < 1.29 is 17.5 Å². The van der Waals surface area contributed by atoms with E-state index in [1.54, 1.807) is 0 Å². The van der Waals surface area contributed by atoms with Crippen molar-refractivity contribution in [2.45, 2.75) is 77.6 Å². The lowest BCUT2D eigenvalue weighted by atomic mass is 9.79. The van der Waals surface area contributed by atoms with Crippen LogP contribution in [0.4, 0.5) is 17.1 Å². The topological polar surface area (TPSA) is 63.9 Å². The largest absolute Gasteiger partial charge is 0.344 e. The van der Waals surface area contributed by atoms with Crippen LogP contribution in [-0.4, -0.2) is 48.6 Å². The summed E-state index contributed by atoms with van der Waals surface area (Å²) in [7, 11) is -4.05. The van der Waals surface area contributed by atoms with Crippen molar-refractivity contribution in [1.29, 1.82) is 0 Å². The number of unbranched alkanes of at least 4 members (excludes halogenated alkanes) is 2. The first-order chi connectivity index (χ1) is 30.9. The van der Waals surface area contributed by atoms with Gasteiger partial charge in [-0.25, -0.2) is 0 Å². The molecule has 1 aliphatic carbocycles. The molecule has 64 heavy (non-hydrogen) atoms. The molecule has 6 nitrogen and oxygen atoms in total. The summed E-state index contributed by atoms with van der Waals surface area (Å²) in [6, 6.07) is 44.2. The molecule has 0 saturated heterocycles. The number of hydrogen-bond donors (Lipinski definition) is 1. The van der Waals surface area contributed by atoms with Gasteiger partial charge in [0.05, 0.1) is 16.9 Å². The Bertz CT molecular complexity index is 3150. The smallest absolute Gasteiger partial charge is 0.264 e. The second-order valence-corrected chi connectivity index (χ2v) is 20.5. The number of rotatable bonds is 12. The van der Waals surface area contributed by atoms with E-state index in [-0.39, 0.29) is 16.6 Å². The Kier molecular flexibility index (Phi) is 10.6. The highest BCUT2D eigenvalue weighted by molar-refractivity contribution is 7.85. The zero-order valence-electron chi connectivity index (χ0n) is 37.7. The summed E-state index contributed by atoms with van der Waals surface area (Å²) < 4.78 is 35.5. The molecule has 1 N–H and O–H groups in total. The maximum Gasteiger partial charge on any atom is 0.264 e. The molecule has 7 heteroatoms. The van der Waals surface area contributed by atoms with Gasteiger partial charge in [0.2, 0.25) is 5.69 Å². The SMILES string of the molecule is CCCCN1/C(=C/C=C2C(N3CCc4ccccc43)=C(/C=C/C3=[N+](CCCCS(=O)(=O)O)c4ccc5ccccc5c4C3(C)C)c3ccccc3/2)C(C)(C)c2c1ccc1ccccc21. The number of benzene rings is 6. The summed E-state index contributed by atoms with van der Waals surface area (Å²) in [6.45, 7) is 14.2. The lowest BCUT2D eigenvalue weighted by molar-refractivity contribution is -0.438. The minimum absolute atomic E-state index is 0.222. The normalized spacial score (nSPS) is 18.7. The van der Waals surface area contributed by atoms with Gasteiger partial charge >= 0.3 is 0 Å². The molecule has 0 atom stereocenters. The lowest BCUT2D eigenvalue weighted by Gasteiger charge is -2.27. The number of fused-ring (bicyclic) bond motifs is 8. The highest BCUT2D eigenvalue weighted by Crippen LogP contribution is 2.53. The standard InChI is InChI=1S/C57H57N3O3S/c1-6-7-35-58-49-30-26-39-18-8-11-21-42(39)53(49)56(2,3)51(58)32-28-46-44-23-13-14-24-45(44)47(55(46)60-37-34-41-20-10-15-25-48(41)60)29-33-52-57(4,5)54-43-22-12-9-19-40(43)27-31-50(54)59(52)36-16-17-38-64(61,62)63/h8-15,18-33H,6-7,16-17,34-38H2,1-5H3/p+1. The number of para-hydroxylation sites is 1. The molecule has 0 fully saturated rings. The first-order valence-electron chi connectivity index (χ1n) is 23.1. The fourth-order valence-electron chi connectivity index (χ4n) is 11.3. The van der Waals surface area contributed by atoms with Crippen molar-refractivity contribution >= 4 is 65.6 Å². The van der Waals surface area contributed by atoms with E-state index < -0.39 is 10.1 Å². The van der Waals surface area contributed by atoms with E-state index in [2.05, 4.69) is 195 Å². The first-order valence-corrected chi connectivity index (χ1v) is 24.7. The molecule has 0 bridgehead atoms. The van der Waals surface area contributed by atoms with Gasteiger partial charge in [0.15, 0.2) is 5.71 Å². The molecular weight excluding hydrogens is 807 g/mol. The quantitative estimate of drug-likeness (QED) is 0.0754. The van der Waals surface area contributed by atoms with E-state index >= 15 is 0 Å². The summed E-state index contributed by atoms with van der Waals surface area (Å²) in [5, 5.41) is 5.03. The van der Waals surface area contributed by atoms with Gasteiger partial charge in [0, 0.05) is 70.8 Å². The number of hydrogen-bond acceptors (Lipinski definition) is 4. The van der Waals surface area contributed by atoms with E-state index in [1.807, 2.05) is 0 Å². The molecule has 0 aromatic heterocycles. The van der Waals surface area contributed by atoms with E-state index in [0.29, 0.717) is 19.4 Å². The van der Waals surface area contributed by atoms with Crippen molar-refractivity contribution in [3.63, 3.8) is 0 Å². The lowest BCUT2D eigenvalue weighted by Crippen LogP contribution is -2.28. The van der Waals surface area contributed by atoms with Gasteiger partial charge in [0.1, 0.15) is 6.54 Å². The van der Waals surface area contributed by atoms with Gasteiger partial charge in [-0.05, 0) is 107 Å². The van der Waals surface area contributed by atoms with E-state index in [0.717, 1.165) is 38.0 Å². The van der Waals surface area contributed by atoms with Crippen LogP contribution in [0.25, 0.3) is 32.7 Å². The van der Waals surface area contributed by atoms with Crippen LogP contribution >= 0.6 is 0 Å². The summed E-state index contributed by atoms with van der Waals surface area (Å²) in [4.78, 5) is 5.14.